The molecule has 0 aliphatic heterocycles. The maximum Gasteiger partial charge on any atom is 0.0999 e. The summed E-state index contributed by atoms with van der Waals surface area (Å²) in [6, 6.07) is 0. The van der Waals surface area contributed by atoms with Crippen LogP contribution >= 0.6 is 0 Å². The molecule has 0 saturated heterocycles. The first kappa shape index (κ1) is 14.9. The minimum atomic E-state index is -0.565. The van der Waals surface area contributed by atoms with Crippen molar-refractivity contribution in [3.63, 3.8) is 0 Å². The van der Waals surface area contributed by atoms with E-state index >= 15 is 0 Å². The van der Waals surface area contributed by atoms with E-state index in [1.54, 1.807) is 0 Å². The predicted molar refractivity (Wildman–Crippen MR) is 66.9 cm³/mol. The monoisotopic (exact) mass is 216 g/mol. The van der Waals surface area contributed by atoms with Gasteiger partial charge in [0.05, 0.1) is 6.17 Å². The van der Waals surface area contributed by atoms with Gasteiger partial charge in [-0.2, -0.15) is 0 Å². The average Bonchev–Trinajstić information content (AvgIpc) is 2.17. The molecular weight excluding hydrogens is 187 g/mol. The second-order valence-corrected chi connectivity index (χ2v) is 5.17. The van der Waals surface area contributed by atoms with Crippen LogP contribution < -0.4 is 0 Å². The first-order valence-electron chi connectivity index (χ1n) is 6.74. The molecule has 3 unspecified atom stereocenters. The molecule has 3 atom stereocenters. The van der Waals surface area contributed by atoms with Gasteiger partial charge in [0.2, 0.25) is 0 Å². The molecule has 0 aliphatic rings. The highest BCUT2D eigenvalue weighted by Gasteiger charge is 2.09. The molecule has 0 aliphatic carbocycles. The van der Waals surface area contributed by atoms with E-state index in [1.807, 2.05) is 6.92 Å². The van der Waals surface area contributed by atoms with Crippen LogP contribution in [0.2, 0.25) is 0 Å². The van der Waals surface area contributed by atoms with Gasteiger partial charge in [-0.15, -0.1) is 0 Å². The minimum Gasteiger partial charge on any atom is -0.248 e. The Hall–Kier alpha value is -0.0700. The maximum absolute atomic E-state index is 13.0. The summed E-state index contributed by atoms with van der Waals surface area (Å²) in [5.41, 5.74) is 0. The first-order chi connectivity index (χ1) is 7.10. The van der Waals surface area contributed by atoms with Gasteiger partial charge in [-0.25, -0.2) is 4.39 Å². The van der Waals surface area contributed by atoms with Gasteiger partial charge in [-0.05, 0) is 31.1 Å². The molecule has 0 aromatic carbocycles. The van der Waals surface area contributed by atoms with Gasteiger partial charge in [0, 0.05) is 0 Å². The van der Waals surface area contributed by atoms with Crippen molar-refractivity contribution in [2.24, 2.45) is 11.8 Å². The van der Waals surface area contributed by atoms with Crippen molar-refractivity contribution in [2.45, 2.75) is 78.8 Å². The largest absolute Gasteiger partial charge is 0.248 e. The van der Waals surface area contributed by atoms with Crippen molar-refractivity contribution in [3.05, 3.63) is 0 Å². The van der Waals surface area contributed by atoms with E-state index in [2.05, 4.69) is 20.8 Å². The zero-order valence-electron chi connectivity index (χ0n) is 11.1. The lowest BCUT2D eigenvalue weighted by atomic mass is 9.90. The lowest BCUT2D eigenvalue weighted by Gasteiger charge is -2.16. The van der Waals surface area contributed by atoms with Crippen LogP contribution in [0.5, 0.6) is 0 Å². The van der Waals surface area contributed by atoms with Crippen LogP contribution in [0, 0.1) is 11.8 Å². The zero-order chi connectivity index (χ0) is 11.7. The molecular formula is C14H29F. The van der Waals surface area contributed by atoms with Gasteiger partial charge < -0.3 is 0 Å². The van der Waals surface area contributed by atoms with Gasteiger partial charge in [0.15, 0.2) is 0 Å². The first-order valence-corrected chi connectivity index (χ1v) is 6.74. The average molecular weight is 216 g/mol. The van der Waals surface area contributed by atoms with Crippen LogP contribution in [0.25, 0.3) is 0 Å². The van der Waals surface area contributed by atoms with E-state index in [0.29, 0.717) is 6.42 Å². The standard InChI is InChI=1S/C14H29F/c1-5-8-12(3)11-13(4)9-7-10-14(15)6-2/h12-14H,5-11H2,1-4H3. The molecule has 0 spiro atoms. The summed E-state index contributed by atoms with van der Waals surface area (Å²) in [4.78, 5) is 0. The Bertz CT molecular complexity index is 133. The second kappa shape index (κ2) is 9.18. The highest BCUT2D eigenvalue weighted by atomic mass is 19.1. The third-order valence-electron chi connectivity index (χ3n) is 3.24. The zero-order valence-corrected chi connectivity index (χ0v) is 11.1. The summed E-state index contributed by atoms with van der Waals surface area (Å²) >= 11 is 0. The lowest BCUT2D eigenvalue weighted by Crippen LogP contribution is -2.05. The fourth-order valence-electron chi connectivity index (χ4n) is 2.31. The van der Waals surface area contributed by atoms with Crippen LogP contribution in [0.15, 0.2) is 0 Å². The van der Waals surface area contributed by atoms with E-state index in [9.17, 15) is 4.39 Å². The molecule has 0 bridgehead atoms. The van der Waals surface area contributed by atoms with E-state index in [4.69, 9.17) is 0 Å². The minimum absolute atomic E-state index is 0.565. The topological polar surface area (TPSA) is 0 Å². The van der Waals surface area contributed by atoms with E-state index in [0.717, 1.165) is 24.7 Å². The third-order valence-corrected chi connectivity index (χ3v) is 3.24. The summed E-state index contributed by atoms with van der Waals surface area (Å²) in [7, 11) is 0. The van der Waals surface area contributed by atoms with Crippen molar-refractivity contribution in [1.29, 1.82) is 0 Å². The van der Waals surface area contributed by atoms with Gasteiger partial charge in [0.1, 0.15) is 0 Å². The van der Waals surface area contributed by atoms with Gasteiger partial charge in [-0.3, -0.25) is 0 Å². The molecule has 1 heteroatoms. The lowest BCUT2D eigenvalue weighted by molar-refractivity contribution is 0.283. The Labute approximate surface area is 95.6 Å². The van der Waals surface area contributed by atoms with Crippen molar-refractivity contribution in [1.82, 2.24) is 0 Å². The highest BCUT2D eigenvalue weighted by Crippen LogP contribution is 2.21. The second-order valence-electron chi connectivity index (χ2n) is 5.17. The number of hydrogen-bond acceptors (Lipinski definition) is 0. The summed E-state index contributed by atoms with van der Waals surface area (Å²) in [5, 5.41) is 0. The number of hydrogen-bond donors (Lipinski definition) is 0. The Morgan fingerprint density at radius 3 is 2.07 bits per heavy atom. The fourth-order valence-corrected chi connectivity index (χ4v) is 2.31. The van der Waals surface area contributed by atoms with Crippen LogP contribution in [0.3, 0.4) is 0 Å². The normalized spacial score (nSPS) is 17.4. The van der Waals surface area contributed by atoms with Gasteiger partial charge in [-0.1, -0.05) is 53.4 Å². The summed E-state index contributed by atoms with van der Waals surface area (Å²) < 4.78 is 13.0. The van der Waals surface area contributed by atoms with Gasteiger partial charge in [0.25, 0.3) is 0 Å². The molecule has 0 nitrogen and oxygen atoms in total. The quantitative estimate of drug-likeness (QED) is 0.486. The molecule has 0 rings (SSSR count). The molecule has 92 valence electrons. The SMILES string of the molecule is CCCC(C)CC(C)CCCC(F)CC. The Morgan fingerprint density at radius 1 is 0.933 bits per heavy atom. The van der Waals surface area contributed by atoms with Crippen LogP contribution in [0.4, 0.5) is 4.39 Å². The Morgan fingerprint density at radius 2 is 1.53 bits per heavy atom. The summed E-state index contributed by atoms with van der Waals surface area (Å²) in [6.07, 6.45) is 7.09. The van der Waals surface area contributed by atoms with E-state index < -0.39 is 6.17 Å². The number of alkyl halides is 1. The van der Waals surface area contributed by atoms with Crippen LogP contribution in [-0.2, 0) is 0 Å². The van der Waals surface area contributed by atoms with Crippen molar-refractivity contribution >= 4 is 0 Å². The molecule has 0 fully saturated rings. The predicted octanol–water partition coefficient (Wildman–Crippen LogP) is 5.37. The van der Waals surface area contributed by atoms with E-state index in [-0.39, 0.29) is 0 Å². The van der Waals surface area contributed by atoms with Crippen molar-refractivity contribution < 1.29 is 4.39 Å². The van der Waals surface area contributed by atoms with Crippen LogP contribution in [-0.4, -0.2) is 6.17 Å². The number of halogens is 1. The fraction of sp³-hybridized carbons (Fsp3) is 1.00. The van der Waals surface area contributed by atoms with E-state index in [1.165, 1.54) is 25.7 Å². The van der Waals surface area contributed by atoms with Crippen molar-refractivity contribution in [2.75, 3.05) is 0 Å². The van der Waals surface area contributed by atoms with Crippen molar-refractivity contribution in [3.8, 4) is 0 Å². The molecule has 0 saturated carbocycles. The van der Waals surface area contributed by atoms with Gasteiger partial charge >= 0.3 is 0 Å². The molecule has 15 heavy (non-hydrogen) atoms. The molecule has 0 heterocycles. The molecule has 0 amide bonds. The smallest absolute Gasteiger partial charge is 0.0999 e. The molecule has 0 aromatic heterocycles. The highest BCUT2D eigenvalue weighted by molar-refractivity contribution is 4.61. The summed E-state index contributed by atoms with van der Waals surface area (Å²) in [6.45, 7) is 8.82. The molecule has 0 radical (unpaired) electrons. The number of rotatable bonds is 9. The Balaban J connectivity index is 3.44. The Kier molecular flexibility index (Phi) is 9.13. The molecule has 0 N–H and O–H groups in total. The molecule has 0 aromatic rings. The third kappa shape index (κ3) is 8.89. The maximum atomic E-state index is 13.0. The summed E-state index contributed by atoms with van der Waals surface area (Å²) in [5.74, 6) is 1.62. The van der Waals surface area contributed by atoms with Crippen LogP contribution in [0.1, 0.15) is 72.6 Å².